The standard InChI is InChI=1S/C22H28N2O3/c1-16-5-7-20(13-17(16)2)27-15-19-14-18(6-8-21(19)26-4)22(25)24-11-9-23(3)10-12-24/h5-8,13-14H,9-12,15H2,1-4H3. The number of ether oxygens (including phenoxy) is 2. The van der Waals surface area contributed by atoms with E-state index in [0.717, 1.165) is 43.2 Å². The molecule has 2 aromatic carbocycles. The summed E-state index contributed by atoms with van der Waals surface area (Å²) in [6.45, 7) is 7.84. The summed E-state index contributed by atoms with van der Waals surface area (Å²) in [5, 5.41) is 0. The normalized spacial score (nSPS) is 14.9. The van der Waals surface area contributed by atoms with Crippen LogP contribution in [0, 0.1) is 13.8 Å². The maximum absolute atomic E-state index is 12.8. The highest BCUT2D eigenvalue weighted by atomic mass is 16.5. The molecule has 0 aromatic heterocycles. The van der Waals surface area contributed by atoms with E-state index in [9.17, 15) is 4.79 Å². The maximum Gasteiger partial charge on any atom is 0.253 e. The molecule has 5 heteroatoms. The fourth-order valence-corrected chi connectivity index (χ4v) is 3.18. The Labute approximate surface area is 161 Å². The second-order valence-electron chi connectivity index (χ2n) is 7.16. The predicted molar refractivity (Wildman–Crippen MR) is 107 cm³/mol. The number of hydrogen-bond donors (Lipinski definition) is 0. The zero-order valence-corrected chi connectivity index (χ0v) is 16.6. The topological polar surface area (TPSA) is 42.0 Å². The molecule has 0 aliphatic carbocycles. The van der Waals surface area contributed by atoms with Crippen molar-refractivity contribution in [3.63, 3.8) is 0 Å². The first-order chi connectivity index (χ1) is 13.0. The van der Waals surface area contributed by atoms with E-state index in [-0.39, 0.29) is 5.91 Å². The minimum Gasteiger partial charge on any atom is -0.496 e. The molecule has 1 fully saturated rings. The first-order valence-electron chi connectivity index (χ1n) is 9.32. The Kier molecular flexibility index (Phi) is 6.01. The van der Waals surface area contributed by atoms with Gasteiger partial charge in [0.05, 0.1) is 7.11 Å². The molecule has 0 spiro atoms. The summed E-state index contributed by atoms with van der Waals surface area (Å²) in [6.07, 6.45) is 0. The third-order valence-electron chi connectivity index (χ3n) is 5.19. The van der Waals surface area contributed by atoms with Gasteiger partial charge in [-0.3, -0.25) is 4.79 Å². The highest BCUT2D eigenvalue weighted by Crippen LogP contribution is 2.24. The van der Waals surface area contributed by atoms with Crippen LogP contribution in [0.15, 0.2) is 36.4 Å². The molecule has 3 rings (SSSR count). The third kappa shape index (κ3) is 4.61. The van der Waals surface area contributed by atoms with Crippen LogP contribution in [0.4, 0.5) is 0 Å². The summed E-state index contributed by atoms with van der Waals surface area (Å²) in [5.41, 5.74) is 3.98. The highest BCUT2D eigenvalue weighted by Gasteiger charge is 2.21. The fourth-order valence-electron chi connectivity index (χ4n) is 3.18. The molecule has 1 heterocycles. The van der Waals surface area contributed by atoms with E-state index < -0.39 is 0 Å². The van der Waals surface area contributed by atoms with Crippen molar-refractivity contribution in [1.82, 2.24) is 9.80 Å². The lowest BCUT2D eigenvalue weighted by Crippen LogP contribution is -2.47. The van der Waals surface area contributed by atoms with E-state index in [1.54, 1.807) is 7.11 Å². The first-order valence-corrected chi connectivity index (χ1v) is 9.32. The molecular formula is C22H28N2O3. The van der Waals surface area contributed by atoms with E-state index in [4.69, 9.17) is 9.47 Å². The lowest BCUT2D eigenvalue weighted by molar-refractivity contribution is 0.0664. The molecule has 1 saturated heterocycles. The molecule has 1 amide bonds. The number of hydrogen-bond acceptors (Lipinski definition) is 4. The van der Waals surface area contributed by atoms with Crippen LogP contribution in [0.2, 0.25) is 0 Å². The monoisotopic (exact) mass is 368 g/mol. The summed E-state index contributed by atoms with van der Waals surface area (Å²) in [6, 6.07) is 11.6. The Balaban J connectivity index is 1.74. The molecule has 0 bridgehead atoms. The number of methoxy groups -OCH3 is 1. The summed E-state index contributed by atoms with van der Waals surface area (Å²) >= 11 is 0. The highest BCUT2D eigenvalue weighted by molar-refractivity contribution is 5.94. The van der Waals surface area contributed by atoms with Crippen LogP contribution in [0.3, 0.4) is 0 Å². The molecule has 0 unspecified atom stereocenters. The van der Waals surface area contributed by atoms with Crippen LogP contribution in [0.1, 0.15) is 27.0 Å². The van der Waals surface area contributed by atoms with E-state index in [1.807, 2.05) is 35.2 Å². The van der Waals surface area contributed by atoms with E-state index in [1.165, 1.54) is 11.1 Å². The van der Waals surface area contributed by atoms with Crippen molar-refractivity contribution in [2.75, 3.05) is 40.3 Å². The van der Waals surface area contributed by atoms with Gasteiger partial charge in [0, 0.05) is 37.3 Å². The number of aryl methyl sites for hydroxylation is 2. The number of rotatable bonds is 5. The number of amides is 1. The Hall–Kier alpha value is -2.53. The van der Waals surface area contributed by atoms with Gasteiger partial charge < -0.3 is 19.3 Å². The SMILES string of the molecule is COc1ccc(C(=O)N2CCN(C)CC2)cc1COc1ccc(C)c(C)c1. The van der Waals surface area contributed by atoms with Crippen molar-refractivity contribution in [1.29, 1.82) is 0 Å². The summed E-state index contributed by atoms with van der Waals surface area (Å²) in [4.78, 5) is 17.0. The van der Waals surface area contributed by atoms with Gasteiger partial charge in [0.2, 0.25) is 0 Å². The van der Waals surface area contributed by atoms with Gasteiger partial charge in [-0.05, 0) is 62.4 Å². The molecule has 1 aliphatic rings. The molecule has 27 heavy (non-hydrogen) atoms. The van der Waals surface area contributed by atoms with Gasteiger partial charge in [-0.15, -0.1) is 0 Å². The van der Waals surface area contributed by atoms with Crippen LogP contribution in [0.5, 0.6) is 11.5 Å². The van der Waals surface area contributed by atoms with Crippen molar-refractivity contribution in [3.8, 4) is 11.5 Å². The van der Waals surface area contributed by atoms with Gasteiger partial charge in [-0.25, -0.2) is 0 Å². The average Bonchev–Trinajstić information content (AvgIpc) is 2.68. The van der Waals surface area contributed by atoms with Gasteiger partial charge in [0.1, 0.15) is 18.1 Å². The molecule has 5 nitrogen and oxygen atoms in total. The van der Waals surface area contributed by atoms with Crippen molar-refractivity contribution in [2.45, 2.75) is 20.5 Å². The predicted octanol–water partition coefficient (Wildman–Crippen LogP) is 3.28. The van der Waals surface area contributed by atoms with E-state index >= 15 is 0 Å². The molecule has 2 aromatic rings. The molecule has 1 aliphatic heterocycles. The van der Waals surface area contributed by atoms with E-state index in [2.05, 4.69) is 31.9 Å². The van der Waals surface area contributed by atoms with Crippen molar-refractivity contribution < 1.29 is 14.3 Å². The number of piperazine rings is 1. The number of nitrogens with zero attached hydrogens (tertiary/aromatic N) is 2. The quantitative estimate of drug-likeness (QED) is 0.812. The minimum absolute atomic E-state index is 0.0678. The number of carbonyl (C=O) groups is 1. The number of benzene rings is 2. The van der Waals surface area contributed by atoms with Crippen LogP contribution >= 0.6 is 0 Å². The lowest BCUT2D eigenvalue weighted by atomic mass is 10.1. The van der Waals surface area contributed by atoms with Gasteiger partial charge in [0.15, 0.2) is 0 Å². The van der Waals surface area contributed by atoms with Crippen LogP contribution in [0.25, 0.3) is 0 Å². The second kappa shape index (κ2) is 8.44. The molecule has 144 valence electrons. The van der Waals surface area contributed by atoms with Crippen LogP contribution in [-0.2, 0) is 6.61 Å². The van der Waals surface area contributed by atoms with Gasteiger partial charge in [0.25, 0.3) is 5.91 Å². The summed E-state index contributed by atoms with van der Waals surface area (Å²) < 4.78 is 11.4. The Morgan fingerprint density at radius 3 is 2.41 bits per heavy atom. The Morgan fingerprint density at radius 1 is 1.00 bits per heavy atom. The molecule has 0 saturated carbocycles. The van der Waals surface area contributed by atoms with Crippen molar-refractivity contribution in [3.05, 3.63) is 58.7 Å². The zero-order chi connectivity index (χ0) is 19.4. The van der Waals surface area contributed by atoms with Gasteiger partial charge in [-0.2, -0.15) is 0 Å². The minimum atomic E-state index is 0.0678. The van der Waals surface area contributed by atoms with Gasteiger partial charge >= 0.3 is 0 Å². The Morgan fingerprint density at radius 2 is 1.74 bits per heavy atom. The van der Waals surface area contributed by atoms with Gasteiger partial charge in [-0.1, -0.05) is 6.07 Å². The molecule has 0 atom stereocenters. The first kappa shape index (κ1) is 19.2. The molecular weight excluding hydrogens is 340 g/mol. The zero-order valence-electron chi connectivity index (χ0n) is 16.6. The summed E-state index contributed by atoms with van der Waals surface area (Å²) in [7, 11) is 3.72. The van der Waals surface area contributed by atoms with Crippen LogP contribution < -0.4 is 9.47 Å². The lowest BCUT2D eigenvalue weighted by Gasteiger charge is -2.32. The smallest absolute Gasteiger partial charge is 0.253 e. The van der Waals surface area contributed by atoms with Crippen molar-refractivity contribution in [2.24, 2.45) is 0 Å². The third-order valence-corrected chi connectivity index (χ3v) is 5.19. The van der Waals surface area contributed by atoms with Crippen molar-refractivity contribution >= 4 is 5.91 Å². The van der Waals surface area contributed by atoms with E-state index in [0.29, 0.717) is 12.2 Å². The van der Waals surface area contributed by atoms with Crippen LogP contribution in [-0.4, -0.2) is 56.0 Å². The number of likely N-dealkylation sites (N-methyl/N-ethyl adjacent to an activating group) is 1. The number of carbonyl (C=O) groups excluding carboxylic acids is 1. The fraction of sp³-hybridized carbons (Fsp3) is 0.409. The average molecular weight is 368 g/mol. The Bertz CT molecular complexity index is 811. The maximum atomic E-state index is 12.8. The second-order valence-corrected chi connectivity index (χ2v) is 7.16. The summed E-state index contributed by atoms with van der Waals surface area (Å²) in [5.74, 6) is 1.61. The molecule has 0 radical (unpaired) electrons. The largest absolute Gasteiger partial charge is 0.496 e. The molecule has 0 N–H and O–H groups in total.